The van der Waals surface area contributed by atoms with E-state index in [1.54, 1.807) is 13.0 Å². The summed E-state index contributed by atoms with van der Waals surface area (Å²) in [5, 5.41) is 3.13. The molecule has 0 unspecified atom stereocenters. The van der Waals surface area contributed by atoms with Crippen molar-refractivity contribution in [2.45, 2.75) is 13.1 Å². The van der Waals surface area contributed by atoms with E-state index in [2.05, 4.69) is 26.2 Å². The molecule has 1 N–H and O–H groups in total. The van der Waals surface area contributed by atoms with Gasteiger partial charge in [0.25, 0.3) is 0 Å². The Morgan fingerprint density at radius 2 is 1.95 bits per heavy atom. The topological polar surface area (TPSA) is 24.9 Å². The van der Waals surface area contributed by atoms with Crippen molar-refractivity contribution < 1.29 is 13.2 Å². The van der Waals surface area contributed by atoms with Crippen molar-refractivity contribution in [3.8, 4) is 0 Å². The average molecular weight is 366 g/mol. The third kappa shape index (κ3) is 3.43. The first-order valence-corrected chi connectivity index (χ1v) is 6.70. The van der Waals surface area contributed by atoms with Crippen molar-refractivity contribution in [2.24, 2.45) is 0 Å². The van der Waals surface area contributed by atoms with Crippen LogP contribution in [0.1, 0.15) is 11.1 Å². The summed E-state index contributed by atoms with van der Waals surface area (Å²) in [5.41, 5.74) is 0.258. The number of nitrogens with zero attached hydrogens (tertiary/aromatic N) is 1. The SMILES string of the molecule is Cc1ccc(C(F)(F)F)cc1Nc1ncc(Br)cc1Cl. The van der Waals surface area contributed by atoms with Gasteiger partial charge in [0.15, 0.2) is 0 Å². The van der Waals surface area contributed by atoms with Crippen molar-refractivity contribution in [3.63, 3.8) is 0 Å². The van der Waals surface area contributed by atoms with E-state index in [0.717, 1.165) is 12.1 Å². The smallest absolute Gasteiger partial charge is 0.339 e. The fourth-order valence-corrected chi connectivity index (χ4v) is 2.24. The van der Waals surface area contributed by atoms with Crippen molar-refractivity contribution >= 4 is 39.0 Å². The predicted octanol–water partition coefficient (Wildman–Crippen LogP) is 5.57. The van der Waals surface area contributed by atoms with Crippen molar-refractivity contribution in [1.82, 2.24) is 4.98 Å². The maximum absolute atomic E-state index is 12.7. The standard InChI is InChI=1S/C13H9BrClF3N2/c1-7-2-3-8(13(16,17)18)4-11(7)20-12-10(15)5-9(14)6-19-12/h2-6H,1H3,(H,19,20). The first kappa shape index (κ1) is 15.1. The molecule has 0 fully saturated rings. The van der Waals surface area contributed by atoms with Crippen LogP contribution in [0.3, 0.4) is 0 Å². The number of aromatic nitrogens is 1. The van der Waals surface area contributed by atoms with Crippen molar-refractivity contribution in [1.29, 1.82) is 0 Å². The van der Waals surface area contributed by atoms with Crippen LogP contribution in [0.15, 0.2) is 34.9 Å². The highest BCUT2D eigenvalue weighted by Gasteiger charge is 2.30. The van der Waals surface area contributed by atoms with Gasteiger partial charge in [-0.2, -0.15) is 13.2 Å². The van der Waals surface area contributed by atoms with Gasteiger partial charge in [0.05, 0.1) is 10.6 Å². The molecule has 0 aliphatic carbocycles. The first-order valence-electron chi connectivity index (χ1n) is 5.53. The van der Waals surface area contributed by atoms with E-state index in [4.69, 9.17) is 11.6 Å². The maximum Gasteiger partial charge on any atom is 0.416 e. The van der Waals surface area contributed by atoms with Crippen LogP contribution in [0.4, 0.5) is 24.7 Å². The summed E-state index contributed by atoms with van der Waals surface area (Å²) in [6, 6.07) is 5.09. The molecule has 0 radical (unpaired) electrons. The molecule has 1 heterocycles. The molecular formula is C13H9BrClF3N2. The van der Waals surface area contributed by atoms with Crippen LogP contribution in [0.25, 0.3) is 0 Å². The van der Waals surface area contributed by atoms with E-state index in [9.17, 15) is 13.2 Å². The number of hydrogen-bond acceptors (Lipinski definition) is 2. The summed E-state index contributed by atoms with van der Waals surface area (Å²) in [7, 11) is 0. The van der Waals surface area contributed by atoms with Gasteiger partial charge in [-0.15, -0.1) is 0 Å². The Balaban J connectivity index is 2.38. The Kier molecular flexibility index (Phi) is 4.25. The molecule has 2 nitrogen and oxygen atoms in total. The van der Waals surface area contributed by atoms with Crippen molar-refractivity contribution in [3.05, 3.63) is 51.1 Å². The zero-order valence-corrected chi connectivity index (χ0v) is 12.6. The van der Waals surface area contributed by atoms with Crippen LogP contribution < -0.4 is 5.32 Å². The van der Waals surface area contributed by atoms with E-state index < -0.39 is 11.7 Å². The lowest BCUT2D eigenvalue weighted by Gasteiger charge is -2.13. The molecule has 106 valence electrons. The van der Waals surface area contributed by atoms with Gasteiger partial charge in [0.1, 0.15) is 5.82 Å². The predicted molar refractivity (Wildman–Crippen MR) is 76.4 cm³/mol. The Morgan fingerprint density at radius 1 is 1.25 bits per heavy atom. The molecule has 2 rings (SSSR count). The number of pyridine rings is 1. The number of aryl methyl sites for hydroxylation is 1. The molecule has 20 heavy (non-hydrogen) atoms. The van der Waals surface area contributed by atoms with Gasteiger partial charge in [-0.25, -0.2) is 4.98 Å². The number of anilines is 2. The second kappa shape index (κ2) is 5.61. The number of alkyl halides is 3. The monoisotopic (exact) mass is 364 g/mol. The third-order valence-electron chi connectivity index (χ3n) is 2.63. The van der Waals surface area contributed by atoms with E-state index in [1.165, 1.54) is 12.3 Å². The first-order chi connectivity index (χ1) is 9.27. The lowest BCUT2D eigenvalue weighted by atomic mass is 10.1. The molecule has 0 amide bonds. The molecule has 1 aromatic heterocycles. The van der Waals surface area contributed by atoms with E-state index in [0.29, 0.717) is 26.6 Å². The van der Waals surface area contributed by atoms with Gasteiger partial charge in [-0.3, -0.25) is 0 Å². The second-order valence-electron chi connectivity index (χ2n) is 4.14. The molecule has 0 saturated heterocycles. The normalized spacial score (nSPS) is 11.5. The summed E-state index contributed by atoms with van der Waals surface area (Å²) in [4.78, 5) is 4.03. The number of rotatable bonds is 2. The minimum absolute atomic E-state index is 0.303. The quantitative estimate of drug-likeness (QED) is 0.753. The molecule has 0 aliphatic heterocycles. The van der Waals surface area contributed by atoms with Crippen LogP contribution in [0.2, 0.25) is 5.02 Å². The molecule has 7 heteroatoms. The summed E-state index contributed by atoms with van der Waals surface area (Å²) in [6.07, 6.45) is -2.88. The number of halogens is 5. The fraction of sp³-hybridized carbons (Fsp3) is 0.154. The van der Waals surface area contributed by atoms with Gasteiger partial charge in [-0.1, -0.05) is 17.7 Å². The Hall–Kier alpha value is -1.27. The van der Waals surface area contributed by atoms with E-state index in [-0.39, 0.29) is 0 Å². The number of hydrogen-bond donors (Lipinski definition) is 1. The second-order valence-corrected chi connectivity index (χ2v) is 5.46. The Morgan fingerprint density at radius 3 is 2.55 bits per heavy atom. The van der Waals surface area contributed by atoms with Crippen LogP contribution in [-0.4, -0.2) is 4.98 Å². The molecular weight excluding hydrogens is 357 g/mol. The Bertz CT molecular complexity index is 644. The van der Waals surface area contributed by atoms with Gasteiger partial charge in [0, 0.05) is 16.4 Å². The van der Waals surface area contributed by atoms with Gasteiger partial charge >= 0.3 is 6.18 Å². The summed E-state index contributed by atoms with van der Waals surface area (Å²) >= 11 is 9.19. The molecule has 0 spiro atoms. The van der Waals surface area contributed by atoms with E-state index >= 15 is 0 Å². The van der Waals surface area contributed by atoms with Crippen LogP contribution >= 0.6 is 27.5 Å². The van der Waals surface area contributed by atoms with Gasteiger partial charge < -0.3 is 5.32 Å². The largest absolute Gasteiger partial charge is 0.416 e. The lowest BCUT2D eigenvalue weighted by Crippen LogP contribution is -2.06. The molecule has 2 aromatic rings. The average Bonchev–Trinajstić information content (AvgIpc) is 2.33. The molecule has 0 aliphatic rings. The minimum atomic E-state index is -4.39. The van der Waals surface area contributed by atoms with E-state index in [1.807, 2.05) is 0 Å². The van der Waals surface area contributed by atoms with Crippen LogP contribution in [-0.2, 0) is 6.18 Å². The van der Waals surface area contributed by atoms with Gasteiger partial charge in [0.2, 0.25) is 0 Å². The highest BCUT2D eigenvalue weighted by molar-refractivity contribution is 9.10. The fourth-order valence-electron chi connectivity index (χ4n) is 1.57. The molecule has 0 bridgehead atoms. The number of benzene rings is 1. The van der Waals surface area contributed by atoms with Crippen LogP contribution in [0, 0.1) is 6.92 Å². The number of nitrogens with one attached hydrogen (secondary N) is 1. The highest BCUT2D eigenvalue weighted by atomic mass is 79.9. The molecule has 0 atom stereocenters. The molecule has 1 aromatic carbocycles. The highest BCUT2D eigenvalue weighted by Crippen LogP contribution is 2.34. The minimum Gasteiger partial charge on any atom is -0.339 e. The third-order valence-corrected chi connectivity index (χ3v) is 3.35. The van der Waals surface area contributed by atoms with Crippen molar-refractivity contribution in [2.75, 3.05) is 5.32 Å². The summed E-state index contributed by atoms with van der Waals surface area (Å²) in [5.74, 6) is 0.303. The molecule has 0 saturated carbocycles. The summed E-state index contributed by atoms with van der Waals surface area (Å²) < 4.78 is 38.8. The van der Waals surface area contributed by atoms with Crippen LogP contribution in [0.5, 0.6) is 0 Å². The zero-order chi connectivity index (χ0) is 14.9. The lowest BCUT2D eigenvalue weighted by molar-refractivity contribution is -0.137. The maximum atomic E-state index is 12.7. The van der Waals surface area contributed by atoms with Gasteiger partial charge in [-0.05, 0) is 46.6 Å². The zero-order valence-electron chi connectivity index (χ0n) is 10.2. The summed E-state index contributed by atoms with van der Waals surface area (Å²) in [6.45, 7) is 1.70. The Labute approximate surface area is 127 Å².